The van der Waals surface area contributed by atoms with Gasteiger partial charge in [0.15, 0.2) is 0 Å². The van der Waals surface area contributed by atoms with Crippen LogP contribution in [0.4, 0.5) is 11.4 Å². The van der Waals surface area contributed by atoms with E-state index in [1.54, 1.807) is 43.5 Å². The van der Waals surface area contributed by atoms with Gasteiger partial charge in [-0.3, -0.25) is 9.59 Å². The van der Waals surface area contributed by atoms with Crippen molar-refractivity contribution < 1.29 is 19.1 Å². The van der Waals surface area contributed by atoms with Crippen LogP contribution < -0.4 is 20.1 Å². The van der Waals surface area contributed by atoms with Crippen LogP contribution >= 0.6 is 0 Å². The minimum atomic E-state index is -0.308. The van der Waals surface area contributed by atoms with Crippen LogP contribution in [0.25, 0.3) is 0 Å². The van der Waals surface area contributed by atoms with Crippen molar-refractivity contribution in [3.05, 3.63) is 47.5 Å². The van der Waals surface area contributed by atoms with Crippen LogP contribution in [0.15, 0.2) is 36.4 Å². The normalized spacial score (nSPS) is 10.0. The lowest BCUT2D eigenvalue weighted by Gasteiger charge is -2.14. The average molecular weight is 328 g/mol. The zero-order chi connectivity index (χ0) is 17.7. The molecule has 2 aromatic rings. The Morgan fingerprint density at radius 1 is 0.958 bits per heavy atom. The summed E-state index contributed by atoms with van der Waals surface area (Å²) in [7, 11) is 3.04. The Balaban J connectivity index is 2.29. The van der Waals surface area contributed by atoms with Gasteiger partial charge in [-0.05, 0) is 36.8 Å². The van der Waals surface area contributed by atoms with Crippen molar-refractivity contribution in [1.29, 1.82) is 0 Å². The minimum absolute atomic E-state index is 0.168. The van der Waals surface area contributed by atoms with Crippen molar-refractivity contribution in [3.63, 3.8) is 0 Å². The van der Waals surface area contributed by atoms with Crippen LogP contribution in [0.5, 0.6) is 11.5 Å². The summed E-state index contributed by atoms with van der Waals surface area (Å²) in [6, 6.07) is 10.3. The van der Waals surface area contributed by atoms with E-state index in [0.717, 1.165) is 5.56 Å². The summed E-state index contributed by atoms with van der Waals surface area (Å²) in [6.45, 7) is 3.26. The molecule has 0 fully saturated rings. The Morgan fingerprint density at radius 3 is 2.21 bits per heavy atom. The molecule has 0 unspecified atom stereocenters. The molecule has 2 rings (SSSR count). The van der Waals surface area contributed by atoms with Crippen molar-refractivity contribution in [2.75, 3.05) is 24.9 Å². The molecule has 0 saturated heterocycles. The maximum Gasteiger partial charge on any atom is 0.259 e. The van der Waals surface area contributed by atoms with E-state index in [1.165, 1.54) is 14.0 Å². The van der Waals surface area contributed by atoms with Crippen molar-refractivity contribution in [2.45, 2.75) is 13.8 Å². The molecule has 0 saturated carbocycles. The number of rotatable bonds is 5. The number of nitrogens with one attached hydrogen (secondary N) is 2. The highest BCUT2D eigenvalue weighted by Crippen LogP contribution is 2.27. The van der Waals surface area contributed by atoms with Crippen molar-refractivity contribution in [3.8, 4) is 11.5 Å². The fourth-order valence-corrected chi connectivity index (χ4v) is 2.27. The summed E-state index contributed by atoms with van der Waals surface area (Å²) in [6.07, 6.45) is 0. The molecule has 0 aliphatic carbocycles. The molecule has 0 aromatic heterocycles. The Morgan fingerprint density at radius 2 is 1.62 bits per heavy atom. The lowest BCUT2D eigenvalue weighted by Crippen LogP contribution is -2.15. The lowest BCUT2D eigenvalue weighted by atomic mass is 10.1. The summed E-state index contributed by atoms with van der Waals surface area (Å²) in [5, 5.41) is 5.57. The number of hydrogen-bond acceptors (Lipinski definition) is 4. The summed E-state index contributed by atoms with van der Waals surface area (Å²) < 4.78 is 10.4. The minimum Gasteiger partial charge on any atom is -0.497 e. The summed E-state index contributed by atoms with van der Waals surface area (Å²) in [4.78, 5) is 23.8. The van der Waals surface area contributed by atoms with Gasteiger partial charge in [-0.25, -0.2) is 0 Å². The fourth-order valence-electron chi connectivity index (χ4n) is 2.27. The Bertz CT molecular complexity index is 772. The second-order valence-electron chi connectivity index (χ2n) is 5.18. The average Bonchev–Trinajstić information content (AvgIpc) is 2.57. The number of carbonyl (C=O) groups is 2. The van der Waals surface area contributed by atoms with Crippen LogP contribution in [-0.2, 0) is 4.79 Å². The number of hydrogen-bond donors (Lipinski definition) is 2. The van der Waals surface area contributed by atoms with E-state index in [2.05, 4.69) is 10.6 Å². The predicted octanol–water partition coefficient (Wildman–Crippen LogP) is 3.22. The van der Waals surface area contributed by atoms with Crippen molar-refractivity contribution in [2.24, 2.45) is 0 Å². The standard InChI is InChI=1S/C18H20N2O4/c1-11-15(19-12(2)21)6-5-7-16(11)20-18(22)14-9-8-13(23-3)10-17(14)24-4/h5-10H,1-4H3,(H,19,21)(H,20,22). The topological polar surface area (TPSA) is 76.7 Å². The molecule has 0 radical (unpaired) electrons. The maximum absolute atomic E-state index is 12.6. The van der Waals surface area contributed by atoms with Gasteiger partial charge < -0.3 is 20.1 Å². The van der Waals surface area contributed by atoms with Crippen LogP contribution in [0.1, 0.15) is 22.8 Å². The van der Waals surface area contributed by atoms with E-state index in [4.69, 9.17) is 9.47 Å². The molecule has 0 aliphatic rings. The van der Waals surface area contributed by atoms with Gasteiger partial charge in [0, 0.05) is 24.4 Å². The number of carbonyl (C=O) groups excluding carboxylic acids is 2. The van der Waals surface area contributed by atoms with Crippen LogP contribution in [0.3, 0.4) is 0 Å². The highest BCUT2D eigenvalue weighted by atomic mass is 16.5. The van der Waals surface area contributed by atoms with Crippen molar-refractivity contribution >= 4 is 23.2 Å². The second kappa shape index (κ2) is 7.50. The Kier molecular flexibility index (Phi) is 5.42. The van der Waals surface area contributed by atoms with E-state index < -0.39 is 0 Å². The van der Waals surface area contributed by atoms with Gasteiger partial charge in [0.1, 0.15) is 11.5 Å². The third kappa shape index (κ3) is 3.84. The van der Waals surface area contributed by atoms with Crippen molar-refractivity contribution in [1.82, 2.24) is 0 Å². The van der Waals surface area contributed by atoms with Crippen LogP contribution in [-0.4, -0.2) is 26.0 Å². The molecule has 0 bridgehead atoms. The number of amides is 2. The second-order valence-corrected chi connectivity index (χ2v) is 5.18. The van der Waals surface area contributed by atoms with Gasteiger partial charge >= 0.3 is 0 Å². The number of methoxy groups -OCH3 is 2. The van der Waals surface area contributed by atoms with Gasteiger partial charge in [0.2, 0.25) is 5.91 Å². The molecule has 2 amide bonds. The van der Waals surface area contributed by atoms with E-state index in [-0.39, 0.29) is 11.8 Å². The molecule has 2 aromatic carbocycles. The fraction of sp³-hybridized carbons (Fsp3) is 0.222. The highest BCUT2D eigenvalue weighted by Gasteiger charge is 2.15. The van der Waals surface area contributed by atoms with Gasteiger partial charge in [0.25, 0.3) is 5.91 Å². The first-order valence-corrected chi connectivity index (χ1v) is 7.37. The molecular weight excluding hydrogens is 308 g/mol. The van der Waals surface area contributed by atoms with E-state index in [1.807, 2.05) is 6.92 Å². The first-order chi connectivity index (χ1) is 11.5. The van der Waals surface area contributed by atoms with Crippen LogP contribution in [0, 0.1) is 6.92 Å². The first-order valence-electron chi connectivity index (χ1n) is 7.37. The molecule has 0 heterocycles. The predicted molar refractivity (Wildman–Crippen MR) is 93.0 cm³/mol. The van der Waals surface area contributed by atoms with E-state index >= 15 is 0 Å². The Labute approximate surface area is 140 Å². The van der Waals surface area contributed by atoms with Gasteiger partial charge in [-0.1, -0.05) is 6.07 Å². The molecule has 6 nitrogen and oxygen atoms in total. The van der Waals surface area contributed by atoms with E-state index in [9.17, 15) is 9.59 Å². The lowest BCUT2D eigenvalue weighted by molar-refractivity contribution is -0.114. The van der Waals surface area contributed by atoms with Gasteiger partial charge in [-0.15, -0.1) is 0 Å². The zero-order valence-electron chi connectivity index (χ0n) is 14.1. The molecule has 2 N–H and O–H groups in total. The summed E-state index contributed by atoms with van der Waals surface area (Å²) >= 11 is 0. The molecule has 0 atom stereocenters. The highest BCUT2D eigenvalue weighted by molar-refractivity contribution is 6.07. The van der Waals surface area contributed by atoms with E-state index in [0.29, 0.717) is 28.4 Å². The summed E-state index contributed by atoms with van der Waals surface area (Å²) in [5.74, 6) is 0.547. The molecule has 24 heavy (non-hydrogen) atoms. The van der Waals surface area contributed by atoms with Gasteiger partial charge in [0.05, 0.1) is 19.8 Å². The first kappa shape index (κ1) is 17.3. The smallest absolute Gasteiger partial charge is 0.259 e. The molecular formula is C18H20N2O4. The monoisotopic (exact) mass is 328 g/mol. The Hall–Kier alpha value is -3.02. The SMILES string of the molecule is COc1ccc(C(=O)Nc2cccc(NC(C)=O)c2C)c(OC)c1. The maximum atomic E-state index is 12.6. The molecule has 6 heteroatoms. The van der Waals surface area contributed by atoms with Gasteiger partial charge in [-0.2, -0.15) is 0 Å². The number of benzene rings is 2. The zero-order valence-corrected chi connectivity index (χ0v) is 14.1. The summed E-state index contributed by atoms with van der Waals surface area (Å²) in [5.41, 5.74) is 2.43. The number of anilines is 2. The molecule has 126 valence electrons. The third-order valence-electron chi connectivity index (χ3n) is 3.55. The third-order valence-corrected chi connectivity index (χ3v) is 3.55. The largest absolute Gasteiger partial charge is 0.497 e. The number of ether oxygens (including phenoxy) is 2. The van der Waals surface area contributed by atoms with Crippen LogP contribution in [0.2, 0.25) is 0 Å². The molecule has 0 spiro atoms. The molecule has 0 aliphatic heterocycles. The quantitative estimate of drug-likeness (QED) is 0.883.